The van der Waals surface area contributed by atoms with Crippen molar-refractivity contribution in [1.29, 1.82) is 0 Å². The van der Waals surface area contributed by atoms with E-state index in [4.69, 9.17) is 18.9 Å². The van der Waals surface area contributed by atoms with E-state index in [2.05, 4.69) is 10.2 Å². The molecule has 10 heteroatoms. The van der Waals surface area contributed by atoms with Crippen molar-refractivity contribution in [1.82, 2.24) is 15.1 Å². The number of methoxy groups -OCH3 is 2. The molecule has 1 aromatic rings. The van der Waals surface area contributed by atoms with Gasteiger partial charge in [-0.25, -0.2) is 9.59 Å². The quantitative estimate of drug-likeness (QED) is 0.528. The standard InChI is InChI=1S/C25H35N3O7/c1-6-34-23(29)16-9-8-12-28(14-16)15-19-21(24(30)35-7-2)22(26-25(31)27(19)3)18-11-10-17(32-4)13-20(18)33-5/h10-11,13,16,22H,6-9,12,14-15H2,1-5H3,(H,26,31). The number of urea groups is 1. The average Bonchev–Trinajstić information content (AvgIpc) is 2.86. The Balaban J connectivity index is 2.03. The number of ether oxygens (including phenoxy) is 4. The predicted octanol–water partition coefficient (Wildman–Crippen LogP) is 2.49. The maximum absolute atomic E-state index is 13.3. The number of likely N-dealkylation sites (tertiary alicyclic amines) is 1. The average molecular weight is 490 g/mol. The van der Waals surface area contributed by atoms with Gasteiger partial charge in [0.05, 0.1) is 45.0 Å². The maximum atomic E-state index is 13.3. The van der Waals surface area contributed by atoms with Crippen molar-refractivity contribution in [2.75, 3.05) is 54.1 Å². The minimum Gasteiger partial charge on any atom is -0.497 e. The molecule has 0 radical (unpaired) electrons. The Morgan fingerprint density at radius 2 is 1.86 bits per heavy atom. The van der Waals surface area contributed by atoms with E-state index in [9.17, 15) is 14.4 Å². The molecule has 3 rings (SSSR count). The second kappa shape index (κ2) is 11.9. The van der Waals surface area contributed by atoms with Gasteiger partial charge in [0.25, 0.3) is 0 Å². The summed E-state index contributed by atoms with van der Waals surface area (Å²) < 4.78 is 21.5. The molecule has 35 heavy (non-hydrogen) atoms. The Bertz CT molecular complexity index is 978. The van der Waals surface area contributed by atoms with Crippen LogP contribution in [0, 0.1) is 5.92 Å². The molecule has 10 nitrogen and oxygen atoms in total. The molecule has 1 fully saturated rings. The van der Waals surface area contributed by atoms with E-state index in [-0.39, 0.29) is 24.5 Å². The molecule has 0 aliphatic carbocycles. The van der Waals surface area contributed by atoms with Crippen LogP contribution in [0.2, 0.25) is 0 Å². The number of hydrogen-bond acceptors (Lipinski definition) is 8. The zero-order valence-corrected chi connectivity index (χ0v) is 21.1. The van der Waals surface area contributed by atoms with Crippen LogP contribution in [-0.4, -0.2) is 81.9 Å². The Hall–Kier alpha value is -3.27. The number of amides is 2. The maximum Gasteiger partial charge on any atom is 0.338 e. The van der Waals surface area contributed by atoms with Crippen LogP contribution in [0.25, 0.3) is 0 Å². The number of hydrogen-bond donors (Lipinski definition) is 1. The van der Waals surface area contributed by atoms with E-state index in [1.54, 1.807) is 46.2 Å². The van der Waals surface area contributed by atoms with Crippen molar-refractivity contribution in [3.8, 4) is 11.5 Å². The van der Waals surface area contributed by atoms with E-state index >= 15 is 0 Å². The van der Waals surface area contributed by atoms with Crippen molar-refractivity contribution in [3.05, 3.63) is 35.0 Å². The van der Waals surface area contributed by atoms with E-state index in [0.29, 0.717) is 48.0 Å². The summed E-state index contributed by atoms with van der Waals surface area (Å²) in [6, 6.07) is 4.09. The molecule has 0 spiro atoms. The van der Waals surface area contributed by atoms with Crippen LogP contribution in [0.5, 0.6) is 11.5 Å². The number of piperidine rings is 1. The Morgan fingerprint density at radius 3 is 2.51 bits per heavy atom. The molecule has 1 saturated heterocycles. The van der Waals surface area contributed by atoms with Crippen molar-refractivity contribution < 1.29 is 33.3 Å². The van der Waals surface area contributed by atoms with Crippen molar-refractivity contribution in [3.63, 3.8) is 0 Å². The summed E-state index contributed by atoms with van der Waals surface area (Å²) in [5.74, 6) is 0.0878. The van der Waals surface area contributed by atoms with Crippen LogP contribution in [0.3, 0.4) is 0 Å². The van der Waals surface area contributed by atoms with Gasteiger partial charge in [-0.15, -0.1) is 0 Å². The predicted molar refractivity (Wildman–Crippen MR) is 128 cm³/mol. The zero-order chi connectivity index (χ0) is 25.5. The highest BCUT2D eigenvalue weighted by molar-refractivity contribution is 5.95. The second-order valence-electron chi connectivity index (χ2n) is 8.46. The molecule has 2 amide bonds. The number of nitrogens with one attached hydrogen (secondary N) is 1. The van der Waals surface area contributed by atoms with E-state index in [1.165, 1.54) is 12.0 Å². The number of esters is 2. The summed E-state index contributed by atoms with van der Waals surface area (Å²) in [6.45, 7) is 5.59. The summed E-state index contributed by atoms with van der Waals surface area (Å²) in [6.07, 6.45) is 1.57. The van der Waals surface area contributed by atoms with Gasteiger partial charge in [-0.05, 0) is 45.4 Å². The monoisotopic (exact) mass is 489 g/mol. The smallest absolute Gasteiger partial charge is 0.338 e. The van der Waals surface area contributed by atoms with Crippen LogP contribution in [0.4, 0.5) is 4.79 Å². The molecule has 2 heterocycles. The molecule has 2 unspecified atom stereocenters. The minimum absolute atomic E-state index is 0.189. The third-order valence-electron chi connectivity index (χ3n) is 6.32. The lowest BCUT2D eigenvalue weighted by atomic mass is 9.92. The van der Waals surface area contributed by atoms with Gasteiger partial charge in [-0.1, -0.05) is 0 Å². The molecule has 1 N–H and O–H groups in total. The summed E-state index contributed by atoms with van der Waals surface area (Å²) in [7, 11) is 4.70. The van der Waals surface area contributed by atoms with Crippen molar-refractivity contribution >= 4 is 18.0 Å². The fourth-order valence-corrected chi connectivity index (χ4v) is 4.55. The number of carbonyl (C=O) groups excluding carboxylic acids is 3. The van der Waals surface area contributed by atoms with E-state index in [0.717, 1.165) is 19.4 Å². The van der Waals surface area contributed by atoms with Crippen LogP contribution < -0.4 is 14.8 Å². The Kier molecular flexibility index (Phi) is 8.97. The Morgan fingerprint density at radius 1 is 1.11 bits per heavy atom. The van der Waals surface area contributed by atoms with Crippen LogP contribution in [0.15, 0.2) is 29.5 Å². The molecule has 0 bridgehead atoms. The minimum atomic E-state index is -0.778. The molecular weight excluding hydrogens is 454 g/mol. The highest BCUT2D eigenvalue weighted by Crippen LogP contribution is 2.38. The zero-order valence-electron chi connectivity index (χ0n) is 21.1. The summed E-state index contributed by atoms with van der Waals surface area (Å²) in [5, 5.41) is 2.91. The van der Waals surface area contributed by atoms with Gasteiger partial charge in [0.1, 0.15) is 11.5 Å². The van der Waals surface area contributed by atoms with Gasteiger partial charge in [-0.3, -0.25) is 14.6 Å². The highest BCUT2D eigenvalue weighted by Gasteiger charge is 2.39. The van der Waals surface area contributed by atoms with Gasteiger partial charge < -0.3 is 24.3 Å². The molecule has 2 atom stereocenters. The third-order valence-corrected chi connectivity index (χ3v) is 6.32. The molecule has 192 valence electrons. The van der Waals surface area contributed by atoms with Gasteiger partial charge in [0.15, 0.2) is 0 Å². The van der Waals surface area contributed by atoms with E-state index in [1.807, 2.05) is 0 Å². The first-order valence-corrected chi connectivity index (χ1v) is 11.9. The highest BCUT2D eigenvalue weighted by atomic mass is 16.5. The molecule has 2 aliphatic rings. The van der Waals surface area contributed by atoms with Crippen molar-refractivity contribution in [2.24, 2.45) is 5.92 Å². The first-order valence-electron chi connectivity index (χ1n) is 11.9. The Labute approximate surface area is 206 Å². The molecular formula is C25H35N3O7. The van der Waals surface area contributed by atoms with Gasteiger partial charge in [0, 0.05) is 37.5 Å². The van der Waals surface area contributed by atoms with Gasteiger partial charge in [0.2, 0.25) is 0 Å². The van der Waals surface area contributed by atoms with E-state index < -0.39 is 12.0 Å². The lowest BCUT2D eigenvalue weighted by Crippen LogP contribution is -2.50. The number of rotatable bonds is 9. The SMILES string of the molecule is CCOC(=O)C1=C(CN2CCCC(C(=O)OCC)C2)N(C)C(=O)NC1c1ccc(OC)cc1OC. The number of likely N-dealkylation sites (N-methyl/N-ethyl adjacent to an activating group) is 1. The summed E-state index contributed by atoms with van der Waals surface area (Å²) in [4.78, 5) is 42.1. The lowest BCUT2D eigenvalue weighted by molar-refractivity contribution is -0.150. The summed E-state index contributed by atoms with van der Waals surface area (Å²) >= 11 is 0. The van der Waals surface area contributed by atoms with Crippen molar-refractivity contribution in [2.45, 2.75) is 32.7 Å². The second-order valence-corrected chi connectivity index (χ2v) is 8.46. The largest absolute Gasteiger partial charge is 0.497 e. The topological polar surface area (TPSA) is 107 Å². The fraction of sp³-hybridized carbons (Fsp3) is 0.560. The summed E-state index contributed by atoms with van der Waals surface area (Å²) in [5.41, 5.74) is 1.47. The lowest BCUT2D eigenvalue weighted by Gasteiger charge is -2.38. The normalized spacial score (nSPS) is 20.8. The number of carbonyl (C=O) groups is 3. The third kappa shape index (κ3) is 5.87. The molecule has 0 saturated carbocycles. The molecule has 0 aromatic heterocycles. The van der Waals surface area contributed by atoms with Gasteiger partial charge in [-0.2, -0.15) is 0 Å². The van der Waals surface area contributed by atoms with Gasteiger partial charge >= 0.3 is 18.0 Å². The van der Waals surface area contributed by atoms with Crippen LogP contribution >= 0.6 is 0 Å². The van der Waals surface area contributed by atoms with Crippen LogP contribution in [0.1, 0.15) is 38.3 Å². The molecule has 2 aliphatic heterocycles. The fourth-order valence-electron chi connectivity index (χ4n) is 4.55. The number of benzene rings is 1. The van der Waals surface area contributed by atoms with Crippen LogP contribution in [-0.2, 0) is 19.1 Å². The first-order chi connectivity index (χ1) is 16.8. The molecule has 1 aromatic carbocycles. The first kappa shape index (κ1) is 26.3. The number of nitrogens with zero attached hydrogens (tertiary/aromatic N) is 2.